The lowest BCUT2D eigenvalue weighted by molar-refractivity contribution is 0.100. The molecule has 0 bridgehead atoms. The van der Waals surface area contributed by atoms with Crippen molar-refractivity contribution in [2.75, 3.05) is 37.7 Å². The third-order valence-corrected chi connectivity index (χ3v) is 6.95. The monoisotopic (exact) mass is 525 g/mol. The highest BCUT2D eigenvalue weighted by Crippen LogP contribution is 2.38. The second-order valence-electron chi connectivity index (χ2n) is 8.99. The van der Waals surface area contributed by atoms with E-state index in [9.17, 15) is 10.2 Å². The summed E-state index contributed by atoms with van der Waals surface area (Å²) in [6.07, 6.45) is -0.983. The molecule has 0 radical (unpaired) electrons. The SMILES string of the molecule is CC(CO)Oc1ccc(N2CCN(CC(O)c3ccc(C#N)cc3)C[C@H]2c2ccc(Cl)cc2)c(Cl)c1. The quantitative estimate of drug-likeness (QED) is 0.419. The fourth-order valence-electron chi connectivity index (χ4n) is 4.46. The van der Waals surface area contributed by atoms with Crippen molar-refractivity contribution in [2.24, 2.45) is 0 Å². The Hall–Kier alpha value is -2.79. The molecule has 1 fully saturated rings. The summed E-state index contributed by atoms with van der Waals surface area (Å²) in [5.74, 6) is 0.609. The van der Waals surface area contributed by atoms with Gasteiger partial charge in [0.2, 0.25) is 0 Å². The molecule has 0 spiro atoms. The number of benzene rings is 3. The molecular formula is C28H29Cl2N3O3. The first-order chi connectivity index (χ1) is 17.4. The third kappa shape index (κ3) is 6.31. The van der Waals surface area contributed by atoms with Gasteiger partial charge in [0.05, 0.1) is 41.1 Å². The molecule has 1 aliphatic rings. The Balaban J connectivity index is 1.55. The van der Waals surface area contributed by atoms with Crippen LogP contribution in [0.4, 0.5) is 5.69 Å². The molecule has 36 heavy (non-hydrogen) atoms. The van der Waals surface area contributed by atoms with Crippen LogP contribution < -0.4 is 9.64 Å². The van der Waals surface area contributed by atoms with Gasteiger partial charge in [-0.15, -0.1) is 0 Å². The molecule has 188 valence electrons. The minimum atomic E-state index is -0.663. The summed E-state index contributed by atoms with van der Waals surface area (Å²) in [4.78, 5) is 4.52. The van der Waals surface area contributed by atoms with Gasteiger partial charge in [-0.2, -0.15) is 5.26 Å². The number of ether oxygens (including phenoxy) is 1. The van der Waals surface area contributed by atoms with Crippen molar-refractivity contribution in [3.8, 4) is 11.8 Å². The fraction of sp³-hybridized carbons (Fsp3) is 0.321. The summed E-state index contributed by atoms with van der Waals surface area (Å²) in [5.41, 5.74) is 3.35. The molecule has 2 N–H and O–H groups in total. The third-order valence-electron chi connectivity index (χ3n) is 6.40. The zero-order valence-electron chi connectivity index (χ0n) is 20.0. The average molecular weight is 526 g/mol. The van der Waals surface area contributed by atoms with E-state index in [1.54, 1.807) is 37.3 Å². The smallest absolute Gasteiger partial charge is 0.121 e. The Morgan fingerprint density at radius 1 is 1.06 bits per heavy atom. The number of halogens is 2. The van der Waals surface area contributed by atoms with Gasteiger partial charge in [-0.25, -0.2) is 0 Å². The molecule has 8 heteroatoms. The van der Waals surface area contributed by atoms with Crippen molar-refractivity contribution in [2.45, 2.75) is 25.2 Å². The Morgan fingerprint density at radius 2 is 1.78 bits per heavy atom. The lowest BCUT2D eigenvalue weighted by atomic mass is 10.00. The zero-order valence-corrected chi connectivity index (χ0v) is 21.5. The summed E-state index contributed by atoms with van der Waals surface area (Å²) < 4.78 is 5.71. The van der Waals surface area contributed by atoms with Gasteiger partial charge in [-0.3, -0.25) is 4.90 Å². The molecule has 1 heterocycles. The van der Waals surface area contributed by atoms with E-state index in [-0.39, 0.29) is 18.8 Å². The van der Waals surface area contributed by atoms with E-state index in [4.69, 9.17) is 33.2 Å². The standard InChI is InChI=1S/C28H29Cl2N3O3/c1-19(18-34)36-24-10-11-26(25(30)14-24)33-13-12-32(16-27(33)21-6-8-23(29)9-7-21)17-28(35)22-4-2-20(15-31)3-5-22/h2-11,14,19,27-28,34-35H,12-13,16-18H2,1H3/t19?,27-,28?/m0/s1. The van der Waals surface area contributed by atoms with Gasteiger partial charge in [0.15, 0.2) is 0 Å². The Bertz CT molecular complexity index is 1200. The Kier molecular flexibility index (Phi) is 8.73. The van der Waals surface area contributed by atoms with Crippen LogP contribution in [-0.4, -0.2) is 54.0 Å². The van der Waals surface area contributed by atoms with Crippen molar-refractivity contribution in [1.82, 2.24) is 4.90 Å². The minimum Gasteiger partial charge on any atom is -0.488 e. The van der Waals surface area contributed by atoms with E-state index in [2.05, 4.69) is 15.9 Å². The summed E-state index contributed by atoms with van der Waals surface area (Å²) >= 11 is 12.9. The number of hydrogen-bond donors (Lipinski definition) is 2. The maximum absolute atomic E-state index is 10.9. The van der Waals surface area contributed by atoms with Crippen LogP contribution in [-0.2, 0) is 0 Å². The van der Waals surface area contributed by atoms with Gasteiger partial charge >= 0.3 is 0 Å². The molecule has 0 saturated carbocycles. The maximum Gasteiger partial charge on any atom is 0.121 e. The van der Waals surface area contributed by atoms with Gasteiger partial charge in [-0.05, 0) is 54.4 Å². The second-order valence-corrected chi connectivity index (χ2v) is 9.84. The van der Waals surface area contributed by atoms with Gasteiger partial charge < -0.3 is 19.8 Å². The number of rotatable bonds is 8. The highest BCUT2D eigenvalue weighted by Gasteiger charge is 2.31. The molecule has 4 rings (SSSR count). The van der Waals surface area contributed by atoms with Crippen molar-refractivity contribution in [3.63, 3.8) is 0 Å². The van der Waals surface area contributed by atoms with E-state index in [0.29, 0.717) is 41.0 Å². The number of aliphatic hydroxyl groups excluding tert-OH is 2. The topological polar surface area (TPSA) is 80.0 Å². The van der Waals surface area contributed by atoms with Gasteiger partial charge in [-0.1, -0.05) is 47.5 Å². The first kappa shape index (κ1) is 26.3. The molecule has 1 aliphatic heterocycles. The highest BCUT2D eigenvalue weighted by atomic mass is 35.5. The number of piperazine rings is 1. The number of nitrogens with zero attached hydrogens (tertiary/aromatic N) is 3. The van der Waals surface area contributed by atoms with Crippen molar-refractivity contribution >= 4 is 28.9 Å². The Labute approximate surface area is 221 Å². The summed E-state index contributed by atoms with van der Waals surface area (Å²) in [5, 5.41) is 30.4. The number of hydrogen-bond acceptors (Lipinski definition) is 6. The fourth-order valence-corrected chi connectivity index (χ4v) is 4.86. The van der Waals surface area contributed by atoms with Crippen molar-refractivity contribution in [3.05, 3.63) is 93.5 Å². The van der Waals surface area contributed by atoms with Crippen LogP contribution in [0.2, 0.25) is 10.0 Å². The highest BCUT2D eigenvalue weighted by molar-refractivity contribution is 6.33. The maximum atomic E-state index is 10.9. The van der Waals surface area contributed by atoms with Crippen LogP contribution >= 0.6 is 23.2 Å². The first-order valence-corrected chi connectivity index (χ1v) is 12.6. The number of nitriles is 1. The normalized spacial score (nSPS) is 17.9. The van der Waals surface area contributed by atoms with Crippen LogP contribution in [0.15, 0.2) is 66.7 Å². The van der Waals surface area contributed by atoms with E-state index in [0.717, 1.165) is 23.4 Å². The molecule has 3 atom stereocenters. The van der Waals surface area contributed by atoms with E-state index >= 15 is 0 Å². The molecule has 3 aromatic rings. The minimum absolute atomic E-state index is 0.00943. The Morgan fingerprint density at radius 3 is 2.42 bits per heavy atom. The van der Waals surface area contributed by atoms with Crippen LogP contribution in [0.1, 0.15) is 35.8 Å². The van der Waals surface area contributed by atoms with Crippen LogP contribution in [0.5, 0.6) is 5.75 Å². The van der Waals surface area contributed by atoms with E-state index in [1.807, 2.05) is 36.4 Å². The molecule has 2 unspecified atom stereocenters. The van der Waals surface area contributed by atoms with Crippen molar-refractivity contribution in [1.29, 1.82) is 5.26 Å². The molecule has 3 aromatic carbocycles. The lowest BCUT2D eigenvalue weighted by Gasteiger charge is -2.44. The molecular weight excluding hydrogens is 497 g/mol. The summed E-state index contributed by atoms with van der Waals surface area (Å²) in [6, 6.07) is 22.6. The predicted octanol–water partition coefficient (Wildman–Crippen LogP) is 5.22. The number of anilines is 1. The largest absolute Gasteiger partial charge is 0.488 e. The first-order valence-electron chi connectivity index (χ1n) is 11.9. The zero-order chi connectivity index (χ0) is 25.7. The van der Waals surface area contributed by atoms with Crippen LogP contribution in [0.25, 0.3) is 0 Å². The predicted molar refractivity (Wildman–Crippen MR) is 143 cm³/mol. The van der Waals surface area contributed by atoms with E-state index in [1.165, 1.54) is 0 Å². The molecule has 1 saturated heterocycles. The number of β-amino-alcohol motifs (C(OH)–C–C–N with tert-alkyl or cyclic N) is 1. The number of aliphatic hydroxyl groups is 2. The molecule has 0 amide bonds. The molecule has 0 aromatic heterocycles. The molecule has 6 nitrogen and oxygen atoms in total. The van der Waals surface area contributed by atoms with Crippen LogP contribution in [0.3, 0.4) is 0 Å². The van der Waals surface area contributed by atoms with E-state index < -0.39 is 6.10 Å². The van der Waals surface area contributed by atoms with Crippen LogP contribution in [0, 0.1) is 11.3 Å². The van der Waals surface area contributed by atoms with Gasteiger partial charge in [0.25, 0.3) is 0 Å². The van der Waals surface area contributed by atoms with Gasteiger partial charge in [0, 0.05) is 37.3 Å². The average Bonchev–Trinajstić information content (AvgIpc) is 2.89. The van der Waals surface area contributed by atoms with Crippen molar-refractivity contribution < 1.29 is 14.9 Å². The summed E-state index contributed by atoms with van der Waals surface area (Å²) in [7, 11) is 0. The lowest BCUT2D eigenvalue weighted by Crippen LogP contribution is -2.49. The molecule has 0 aliphatic carbocycles. The second kappa shape index (κ2) is 12.0. The van der Waals surface area contributed by atoms with Gasteiger partial charge in [0.1, 0.15) is 11.9 Å². The summed E-state index contributed by atoms with van der Waals surface area (Å²) in [6.45, 7) is 4.33.